The summed E-state index contributed by atoms with van der Waals surface area (Å²) in [5.41, 5.74) is 30.6. The van der Waals surface area contributed by atoms with Gasteiger partial charge in [-0.15, -0.1) is 68.0 Å². The second-order valence-electron chi connectivity index (χ2n) is 35.2. The summed E-state index contributed by atoms with van der Waals surface area (Å²) in [6.45, 7) is 0. The maximum atomic E-state index is 5.35. The van der Waals surface area contributed by atoms with Crippen molar-refractivity contribution in [2.75, 3.05) is 0 Å². The van der Waals surface area contributed by atoms with Crippen molar-refractivity contribution in [3.63, 3.8) is 0 Å². The molecule has 0 spiro atoms. The van der Waals surface area contributed by atoms with E-state index in [1.54, 1.807) is 34.0 Å². The van der Waals surface area contributed by atoms with Gasteiger partial charge in [0, 0.05) is 127 Å². The number of thiazole rings is 3. The third kappa shape index (κ3) is 16.9. The van der Waals surface area contributed by atoms with Crippen molar-refractivity contribution < 1.29 is 0 Å². The number of hydrogen-bond donors (Lipinski definition) is 0. The maximum absolute atomic E-state index is 5.35. The fraction of sp³-hybridized carbons (Fsp3) is 0. The fourth-order valence-corrected chi connectivity index (χ4v) is 25.8. The Kier molecular flexibility index (Phi) is 23.0. The molecule has 28 rings (SSSR count). The van der Waals surface area contributed by atoms with Crippen LogP contribution in [0.4, 0.5) is 0 Å². The summed E-state index contributed by atoms with van der Waals surface area (Å²) in [7, 11) is 0. The Morgan fingerprint density at radius 3 is 0.583 bits per heavy atom. The lowest BCUT2D eigenvalue weighted by atomic mass is 9.99. The van der Waals surface area contributed by atoms with E-state index in [1.807, 2.05) is 70.4 Å². The molecule has 0 unspecified atom stereocenters. The third-order valence-electron chi connectivity index (χ3n) is 26.3. The van der Waals surface area contributed by atoms with Crippen LogP contribution >= 0.6 is 68.0 Å². The summed E-state index contributed by atoms with van der Waals surface area (Å²) in [6, 6.07) is 168. The van der Waals surface area contributed by atoms with Gasteiger partial charge < -0.3 is 0 Å². The molecule has 0 amide bonds. The lowest BCUT2D eigenvalue weighted by Crippen LogP contribution is -1.97. The summed E-state index contributed by atoms with van der Waals surface area (Å²) in [5, 5.41) is 10.2. The largest absolute Gasteiger partial charge is 0.236 e. The van der Waals surface area contributed by atoms with E-state index < -0.39 is 0 Å². The molecule has 0 bridgehead atoms. The minimum atomic E-state index is 0.703. The van der Waals surface area contributed by atoms with Crippen molar-refractivity contribution in [2.45, 2.75) is 0 Å². The van der Waals surface area contributed by atoms with E-state index in [9.17, 15) is 0 Å². The molecule has 0 saturated heterocycles. The maximum Gasteiger partial charge on any atom is 0.161 e. The highest BCUT2D eigenvalue weighted by molar-refractivity contribution is 7.27. The van der Waals surface area contributed by atoms with E-state index in [2.05, 4.69) is 443 Å². The van der Waals surface area contributed by atoms with Gasteiger partial charge in [-0.25, -0.2) is 44.9 Å². The molecule has 9 nitrogen and oxygen atoms in total. The van der Waals surface area contributed by atoms with Gasteiger partial charge in [-0.2, -0.15) is 0 Å². The van der Waals surface area contributed by atoms with Crippen LogP contribution in [-0.4, -0.2) is 44.9 Å². The Labute approximate surface area is 853 Å². The SMILES string of the molecule is c1ccc(-c2ccc(-c3cc(-c4cccc(-c5ccccc5)c4)nc(-c4cccc5sc6cccc(-c7nc8ccccc8s7)c6c45)n3)cc2)cc1.c1ccc(-c2ccc(-c3cc(-c4ccccc4)nc(-c4cccc5sc6cccc(-c7nc8ccccc8s7)c6c45)n3)cc2)cc1.c1ccc(-c2cccc(-c3cc(-c4ccccc4)nc(-c4cccc5sc6cccc(-c7nc8ccccc8s7)c6c45)n3)c2)cc1. The van der Waals surface area contributed by atoms with E-state index in [0.29, 0.717) is 17.5 Å². The van der Waals surface area contributed by atoms with Gasteiger partial charge in [-0.1, -0.05) is 376 Å². The predicted octanol–water partition coefficient (Wildman–Crippen LogP) is 37.0. The normalized spacial score (nSPS) is 11.5. The van der Waals surface area contributed by atoms with Gasteiger partial charge in [0.2, 0.25) is 0 Å². The topological polar surface area (TPSA) is 116 Å². The summed E-state index contributed by atoms with van der Waals surface area (Å²) in [5.74, 6) is 2.13. The summed E-state index contributed by atoms with van der Waals surface area (Å²) < 4.78 is 10.9. The van der Waals surface area contributed by atoms with Gasteiger partial charge in [-0.3, -0.25) is 0 Å². The minimum absolute atomic E-state index is 0.703. The molecule has 9 aromatic heterocycles. The first kappa shape index (κ1) is 87.0. The molecule has 0 N–H and O–H groups in total. The standard InChI is InChI=1S/C47H29N3S2.2C41H25N3S2/c1-3-12-30(13-4-1)32-24-26-33(27-25-32)39-29-40(35-17-9-16-34(28-35)31-14-5-2-6-15-31)49-46(48-39)36-18-10-22-42-44(36)45-37(19-11-23-43(45)51-42)47-50-38-20-7-8-21-41(38)52-47;1-3-12-26(13-4-1)28-16-9-17-29(24-28)34-25-33(27-14-5-2-6-15-27)42-40(43-34)30-18-10-22-36-38(30)39-31(19-11-23-37(39)45-36)41-44-32-20-7-8-21-35(32)46-41;1-3-11-26(12-4-1)27-21-23-29(24-22-27)34-25-33(28-13-5-2-6-14-28)42-40(43-34)30-15-9-19-36-38(30)39-31(16-10-20-37(39)45-36)41-44-32-17-7-8-18-35(32)46-41/h1-29H;2*1-25H. The van der Waals surface area contributed by atoms with Crippen molar-refractivity contribution in [1.29, 1.82) is 0 Å². The third-order valence-corrected chi connectivity index (χ3v) is 32.9. The highest BCUT2D eigenvalue weighted by atomic mass is 32.1. The first-order chi connectivity index (χ1) is 71.3. The van der Waals surface area contributed by atoms with Crippen molar-refractivity contribution in [3.8, 4) is 178 Å². The smallest absolute Gasteiger partial charge is 0.161 e. The van der Waals surface area contributed by atoms with Crippen molar-refractivity contribution in [1.82, 2.24) is 44.9 Å². The summed E-state index contributed by atoms with van der Waals surface area (Å²) in [4.78, 5) is 46.9. The number of aromatic nitrogens is 9. The molecule has 0 saturated carbocycles. The van der Waals surface area contributed by atoms with Crippen LogP contribution in [0.15, 0.2) is 479 Å². The molecule has 0 atom stereocenters. The number of para-hydroxylation sites is 3. The Morgan fingerprint density at radius 1 is 0.118 bits per heavy atom. The highest BCUT2D eigenvalue weighted by Crippen LogP contribution is 2.51. The number of nitrogens with zero attached hydrogens (tertiary/aromatic N) is 9. The van der Waals surface area contributed by atoms with Crippen LogP contribution in [0.5, 0.6) is 0 Å². The van der Waals surface area contributed by atoms with Crippen LogP contribution in [0.3, 0.4) is 0 Å². The Balaban J connectivity index is 0.000000110. The lowest BCUT2D eigenvalue weighted by molar-refractivity contribution is 1.19. The van der Waals surface area contributed by atoms with Crippen molar-refractivity contribution in [3.05, 3.63) is 479 Å². The minimum Gasteiger partial charge on any atom is -0.236 e. The molecule has 0 radical (unpaired) electrons. The molecule has 0 aliphatic carbocycles. The van der Waals surface area contributed by atoms with Crippen molar-refractivity contribution >= 4 is 159 Å². The number of thiophene rings is 3. The zero-order chi connectivity index (χ0) is 95.3. The fourth-order valence-electron chi connectivity index (χ4n) is 19.4. The zero-order valence-electron chi connectivity index (χ0n) is 77.1. The van der Waals surface area contributed by atoms with Gasteiger partial charge >= 0.3 is 0 Å². The van der Waals surface area contributed by atoms with Gasteiger partial charge in [-0.05, 0) is 148 Å². The molecule has 19 aromatic carbocycles. The van der Waals surface area contributed by atoms with E-state index in [0.717, 1.165) is 149 Å². The van der Waals surface area contributed by atoms with E-state index in [-0.39, 0.29) is 0 Å². The number of hydrogen-bond acceptors (Lipinski definition) is 15. The van der Waals surface area contributed by atoms with Crippen LogP contribution in [0.2, 0.25) is 0 Å². The van der Waals surface area contributed by atoms with Crippen LogP contribution < -0.4 is 0 Å². The highest BCUT2D eigenvalue weighted by Gasteiger charge is 2.26. The Bertz CT molecular complexity index is 9610. The molecule has 144 heavy (non-hydrogen) atoms. The van der Waals surface area contributed by atoms with Crippen LogP contribution in [0.1, 0.15) is 0 Å². The first-order valence-electron chi connectivity index (χ1n) is 47.7. The molecule has 0 aliphatic rings. The molecular weight excluding hydrogens is 1870 g/mol. The lowest BCUT2D eigenvalue weighted by Gasteiger charge is -2.12. The molecule has 0 fully saturated rings. The molecule has 676 valence electrons. The van der Waals surface area contributed by atoms with Gasteiger partial charge in [0.25, 0.3) is 0 Å². The van der Waals surface area contributed by atoms with Gasteiger partial charge in [0.1, 0.15) is 15.0 Å². The quantitative estimate of drug-likeness (QED) is 0.0932. The molecule has 0 aliphatic heterocycles. The number of rotatable bonds is 16. The van der Waals surface area contributed by atoms with E-state index in [1.165, 1.54) is 103 Å². The zero-order valence-corrected chi connectivity index (χ0v) is 82.0. The van der Waals surface area contributed by atoms with E-state index >= 15 is 0 Å². The van der Waals surface area contributed by atoms with Crippen LogP contribution in [0, 0.1) is 0 Å². The van der Waals surface area contributed by atoms with Gasteiger partial charge in [0.05, 0.1) is 64.8 Å². The predicted molar refractivity (Wildman–Crippen MR) is 611 cm³/mol. The second-order valence-corrected chi connectivity index (χ2v) is 41.6. The Hall–Kier alpha value is -17.3. The number of fused-ring (bicyclic) bond motifs is 12. The van der Waals surface area contributed by atoms with Crippen molar-refractivity contribution in [2.24, 2.45) is 0 Å². The number of benzene rings is 19. The first-order valence-corrected chi connectivity index (χ1v) is 52.6. The Morgan fingerprint density at radius 2 is 0.306 bits per heavy atom. The monoisotopic (exact) mass is 1950 g/mol. The average Bonchev–Trinajstić information content (AvgIpc) is 1.58. The van der Waals surface area contributed by atoms with E-state index in [4.69, 9.17) is 44.9 Å². The second kappa shape index (κ2) is 38.1. The molecular formula is C129H79N9S6. The molecule has 28 aromatic rings. The summed E-state index contributed by atoms with van der Waals surface area (Å²) in [6.07, 6.45) is 0. The molecule has 15 heteroatoms. The van der Waals surface area contributed by atoms with Crippen LogP contribution in [-0.2, 0) is 0 Å². The van der Waals surface area contributed by atoms with Crippen LogP contribution in [0.25, 0.3) is 269 Å². The average molecular weight is 1950 g/mol. The summed E-state index contributed by atoms with van der Waals surface area (Å²) >= 11 is 10.6. The van der Waals surface area contributed by atoms with Gasteiger partial charge in [0.15, 0.2) is 17.5 Å². The molecule has 9 heterocycles.